The van der Waals surface area contributed by atoms with E-state index in [1.54, 1.807) is 30.3 Å². The van der Waals surface area contributed by atoms with Crippen molar-refractivity contribution >= 4 is 46.2 Å². The molecule has 3 aromatic carbocycles. The van der Waals surface area contributed by atoms with Gasteiger partial charge in [-0.2, -0.15) is 5.01 Å². The predicted molar refractivity (Wildman–Crippen MR) is 137 cm³/mol. The molecular weight excluding hydrogens is 468 g/mol. The van der Waals surface area contributed by atoms with Crippen molar-refractivity contribution in [2.45, 2.75) is 13.5 Å². The number of ether oxygens (including phenoxy) is 2. The summed E-state index contributed by atoms with van der Waals surface area (Å²) < 4.78 is 12.0. The van der Waals surface area contributed by atoms with E-state index in [2.05, 4.69) is 5.43 Å². The highest BCUT2D eigenvalue weighted by Crippen LogP contribution is 2.34. The second-order valence-corrected chi connectivity index (χ2v) is 8.91. The van der Waals surface area contributed by atoms with Gasteiger partial charge in [-0.15, -0.1) is 0 Å². The highest BCUT2D eigenvalue weighted by atomic mass is 32.2. The molecule has 0 radical (unpaired) electrons. The maximum absolute atomic E-state index is 12.9. The Morgan fingerprint density at radius 3 is 2.41 bits per heavy atom. The van der Waals surface area contributed by atoms with E-state index in [0.29, 0.717) is 35.2 Å². The van der Waals surface area contributed by atoms with E-state index in [9.17, 15) is 9.59 Å². The third-order valence-corrected chi connectivity index (χ3v) is 6.15. The minimum absolute atomic E-state index is 0.258. The van der Waals surface area contributed by atoms with Crippen LogP contribution in [0, 0.1) is 0 Å². The highest BCUT2D eigenvalue weighted by Gasteiger charge is 2.33. The topological polar surface area (TPSA) is 67.9 Å². The van der Waals surface area contributed by atoms with Gasteiger partial charge in [0.25, 0.3) is 11.8 Å². The van der Waals surface area contributed by atoms with Crippen LogP contribution in [0.25, 0.3) is 6.08 Å². The second kappa shape index (κ2) is 11.0. The van der Waals surface area contributed by atoms with Crippen molar-refractivity contribution in [3.8, 4) is 11.5 Å². The Kier molecular flexibility index (Phi) is 7.61. The minimum atomic E-state index is -0.406. The molecule has 4 rings (SSSR count). The lowest BCUT2D eigenvalue weighted by Gasteiger charge is -2.15. The van der Waals surface area contributed by atoms with Crippen LogP contribution < -0.4 is 14.9 Å². The van der Waals surface area contributed by atoms with E-state index >= 15 is 0 Å². The quantitative estimate of drug-likeness (QED) is 0.345. The van der Waals surface area contributed by atoms with Crippen LogP contribution in [-0.2, 0) is 11.4 Å². The molecule has 34 heavy (non-hydrogen) atoms. The van der Waals surface area contributed by atoms with Crippen molar-refractivity contribution in [3.63, 3.8) is 0 Å². The summed E-state index contributed by atoms with van der Waals surface area (Å²) in [5, 5.41) is 1.10. The highest BCUT2D eigenvalue weighted by molar-refractivity contribution is 8.26. The molecule has 0 spiro atoms. The number of nitrogens with one attached hydrogen (secondary N) is 1. The van der Waals surface area contributed by atoms with Gasteiger partial charge in [-0.1, -0.05) is 66.4 Å². The molecule has 0 bridgehead atoms. The van der Waals surface area contributed by atoms with Gasteiger partial charge < -0.3 is 9.47 Å². The smallest absolute Gasteiger partial charge is 0.285 e. The molecule has 0 aromatic heterocycles. The largest absolute Gasteiger partial charge is 0.490 e. The third kappa shape index (κ3) is 5.65. The fourth-order valence-electron chi connectivity index (χ4n) is 3.21. The van der Waals surface area contributed by atoms with Crippen LogP contribution in [-0.4, -0.2) is 27.8 Å². The van der Waals surface area contributed by atoms with E-state index < -0.39 is 5.91 Å². The van der Waals surface area contributed by atoms with Crippen LogP contribution in [0.3, 0.4) is 0 Å². The maximum Gasteiger partial charge on any atom is 0.285 e. The van der Waals surface area contributed by atoms with Crippen molar-refractivity contribution in [3.05, 3.63) is 100 Å². The maximum atomic E-state index is 12.9. The molecule has 8 heteroatoms. The Bertz CT molecular complexity index is 1230. The average molecular weight is 491 g/mol. The van der Waals surface area contributed by atoms with Crippen LogP contribution in [0.5, 0.6) is 11.5 Å². The molecule has 3 aromatic rings. The summed E-state index contributed by atoms with van der Waals surface area (Å²) in [4.78, 5) is 25.8. The summed E-state index contributed by atoms with van der Waals surface area (Å²) in [6.07, 6.45) is 1.72. The van der Waals surface area contributed by atoms with Gasteiger partial charge in [0, 0.05) is 5.56 Å². The van der Waals surface area contributed by atoms with Gasteiger partial charge in [0.2, 0.25) is 0 Å². The summed E-state index contributed by atoms with van der Waals surface area (Å²) in [6.45, 7) is 2.78. The fourth-order valence-corrected chi connectivity index (χ4v) is 4.39. The molecule has 1 aliphatic heterocycles. The number of thiocarbonyl (C=S) groups is 1. The summed E-state index contributed by atoms with van der Waals surface area (Å²) >= 11 is 6.44. The van der Waals surface area contributed by atoms with Crippen LogP contribution in [0.15, 0.2) is 83.8 Å². The SMILES string of the molecule is CCOc1cc(/C=C2/SC(=S)N(NC(=O)c3ccccc3)C2=O)ccc1OCc1ccccc1. The first-order valence-electron chi connectivity index (χ1n) is 10.6. The van der Waals surface area contributed by atoms with E-state index in [1.807, 2.05) is 61.5 Å². The number of carbonyl (C=O) groups is 2. The average Bonchev–Trinajstić information content (AvgIpc) is 3.12. The van der Waals surface area contributed by atoms with Gasteiger partial charge in [0.1, 0.15) is 6.61 Å². The monoisotopic (exact) mass is 490 g/mol. The first kappa shape index (κ1) is 23.5. The first-order chi connectivity index (χ1) is 16.5. The van der Waals surface area contributed by atoms with Crippen LogP contribution in [0.1, 0.15) is 28.4 Å². The number of hydrogen-bond donors (Lipinski definition) is 1. The normalized spacial score (nSPS) is 14.4. The predicted octanol–water partition coefficient (Wildman–Crippen LogP) is 5.21. The lowest BCUT2D eigenvalue weighted by molar-refractivity contribution is -0.123. The molecule has 1 N–H and O–H groups in total. The molecule has 172 valence electrons. The van der Waals surface area contributed by atoms with E-state index in [0.717, 1.165) is 27.9 Å². The summed E-state index contributed by atoms with van der Waals surface area (Å²) in [5.74, 6) is 0.406. The Balaban J connectivity index is 1.49. The number of rotatable bonds is 8. The van der Waals surface area contributed by atoms with Gasteiger partial charge in [0.15, 0.2) is 15.8 Å². The zero-order valence-electron chi connectivity index (χ0n) is 18.4. The van der Waals surface area contributed by atoms with Gasteiger partial charge in [-0.3, -0.25) is 15.0 Å². The molecule has 0 unspecified atom stereocenters. The minimum Gasteiger partial charge on any atom is -0.490 e. The lowest BCUT2D eigenvalue weighted by atomic mass is 10.1. The molecule has 1 aliphatic rings. The van der Waals surface area contributed by atoms with Crippen molar-refractivity contribution in [2.24, 2.45) is 0 Å². The molecule has 1 heterocycles. The Labute approximate surface area is 207 Å². The van der Waals surface area contributed by atoms with Gasteiger partial charge >= 0.3 is 0 Å². The Morgan fingerprint density at radius 2 is 1.71 bits per heavy atom. The third-order valence-electron chi connectivity index (χ3n) is 4.85. The molecule has 0 aliphatic carbocycles. The molecule has 0 saturated carbocycles. The second-order valence-electron chi connectivity index (χ2n) is 7.24. The van der Waals surface area contributed by atoms with Crippen LogP contribution in [0.4, 0.5) is 0 Å². The lowest BCUT2D eigenvalue weighted by Crippen LogP contribution is -2.44. The van der Waals surface area contributed by atoms with Gasteiger partial charge in [-0.05, 0) is 60.6 Å². The van der Waals surface area contributed by atoms with E-state index in [-0.39, 0.29) is 10.2 Å². The van der Waals surface area contributed by atoms with Crippen molar-refractivity contribution < 1.29 is 19.1 Å². The molecule has 0 atom stereocenters. The fraction of sp³-hybridized carbons (Fsp3) is 0.115. The van der Waals surface area contributed by atoms with Gasteiger partial charge in [-0.25, -0.2) is 0 Å². The summed E-state index contributed by atoms with van der Waals surface area (Å²) in [7, 11) is 0. The number of hydrogen-bond acceptors (Lipinski definition) is 6. The number of nitrogens with zero attached hydrogens (tertiary/aromatic N) is 1. The number of thioether (sulfide) groups is 1. The standard InChI is InChI=1S/C26H22N2O4S2/c1-2-31-22-15-19(13-14-21(22)32-17-18-9-5-3-6-10-18)16-23-25(30)28(26(33)34-23)27-24(29)20-11-7-4-8-12-20/h3-16H,2,17H2,1H3,(H,27,29)/b23-16+. The number of hydrazine groups is 1. The summed E-state index contributed by atoms with van der Waals surface area (Å²) in [5.41, 5.74) is 4.82. The molecule has 2 amide bonds. The van der Waals surface area contributed by atoms with Crippen LogP contribution in [0.2, 0.25) is 0 Å². The Hall–Kier alpha value is -3.62. The molecule has 1 fully saturated rings. The van der Waals surface area contributed by atoms with Crippen molar-refractivity contribution in [1.29, 1.82) is 0 Å². The van der Waals surface area contributed by atoms with Crippen LogP contribution >= 0.6 is 24.0 Å². The zero-order chi connectivity index (χ0) is 23.9. The van der Waals surface area contributed by atoms with Crippen molar-refractivity contribution in [2.75, 3.05) is 6.61 Å². The number of benzene rings is 3. The molecule has 1 saturated heterocycles. The molecular formula is C26H22N2O4S2. The number of amides is 2. The Morgan fingerprint density at radius 1 is 1.00 bits per heavy atom. The molecule has 6 nitrogen and oxygen atoms in total. The van der Waals surface area contributed by atoms with Gasteiger partial charge in [0.05, 0.1) is 11.5 Å². The van der Waals surface area contributed by atoms with E-state index in [4.69, 9.17) is 21.7 Å². The first-order valence-corrected chi connectivity index (χ1v) is 11.8. The summed E-state index contributed by atoms with van der Waals surface area (Å²) in [6, 6.07) is 24.0. The zero-order valence-corrected chi connectivity index (χ0v) is 20.0. The van der Waals surface area contributed by atoms with Crippen molar-refractivity contribution in [1.82, 2.24) is 10.4 Å². The van der Waals surface area contributed by atoms with E-state index in [1.165, 1.54) is 0 Å². The number of carbonyl (C=O) groups excluding carboxylic acids is 2.